The fraction of sp³-hybridized carbons (Fsp3) is 0.462. The lowest BCUT2D eigenvalue weighted by Crippen LogP contribution is -2.34. The van der Waals surface area contributed by atoms with Crippen molar-refractivity contribution in [1.29, 1.82) is 0 Å². The fourth-order valence-corrected chi connectivity index (χ4v) is 3.11. The maximum absolute atomic E-state index is 11.6. The summed E-state index contributed by atoms with van der Waals surface area (Å²) in [4.78, 5) is 11.6. The summed E-state index contributed by atoms with van der Waals surface area (Å²) in [6, 6.07) is 7.97. The van der Waals surface area contributed by atoms with Crippen LogP contribution in [0.15, 0.2) is 24.3 Å². The van der Waals surface area contributed by atoms with Gasteiger partial charge < -0.3 is 5.11 Å². The van der Waals surface area contributed by atoms with Crippen LogP contribution in [0.5, 0.6) is 0 Å². The Kier molecular flexibility index (Phi) is 3.24. The molecule has 1 aliphatic carbocycles. The molecule has 1 aromatic rings. The van der Waals surface area contributed by atoms with E-state index in [1.165, 1.54) is 5.56 Å². The van der Waals surface area contributed by atoms with Crippen molar-refractivity contribution in [3.63, 3.8) is 0 Å². The monoisotopic (exact) mass is 236 g/mol. The molecular formula is C13H16O2S. The molecule has 2 rings (SSSR count). The zero-order valence-corrected chi connectivity index (χ0v) is 10.2. The summed E-state index contributed by atoms with van der Waals surface area (Å²) in [5.41, 5.74) is 1.63. The summed E-state index contributed by atoms with van der Waals surface area (Å²) < 4.78 is 0. The summed E-state index contributed by atoms with van der Waals surface area (Å²) >= 11 is 1.72. The quantitative estimate of drug-likeness (QED) is 0.873. The highest BCUT2D eigenvalue weighted by atomic mass is 32.2. The van der Waals surface area contributed by atoms with Crippen molar-refractivity contribution in [3.8, 4) is 0 Å². The van der Waals surface area contributed by atoms with Crippen LogP contribution in [-0.4, -0.2) is 23.1 Å². The molecule has 0 heterocycles. The van der Waals surface area contributed by atoms with E-state index in [0.717, 1.165) is 30.6 Å². The number of carbonyl (C=O) groups is 1. The Balaban J connectivity index is 2.39. The van der Waals surface area contributed by atoms with Gasteiger partial charge in [-0.15, -0.1) is 0 Å². The number of aryl methyl sites for hydroxylation is 1. The third kappa shape index (κ3) is 1.73. The molecule has 1 atom stereocenters. The molecule has 0 amide bonds. The molecule has 3 heteroatoms. The lowest BCUT2D eigenvalue weighted by atomic mass is 9.79. The van der Waals surface area contributed by atoms with Crippen LogP contribution in [0.2, 0.25) is 0 Å². The number of carboxylic acids is 1. The average Bonchev–Trinajstić information content (AvgIpc) is 2.67. The first-order chi connectivity index (χ1) is 7.70. The van der Waals surface area contributed by atoms with Crippen LogP contribution >= 0.6 is 11.8 Å². The number of hydrogen-bond acceptors (Lipinski definition) is 2. The average molecular weight is 236 g/mol. The highest BCUT2D eigenvalue weighted by Crippen LogP contribution is 2.42. The van der Waals surface area contributed by atoms with Crippen LogP contribution in [0, 0.1) is 0 Å². The first-order valence-corrected chi connectivity index (χ1v) is 6.91. The fourth-order valence-electron chi connectivity index (χ4n) is 2.55. The van der Waals surface area contributed by atoms with E-state index in [-0.39, 0.29) is 0 Å². The number of benzene rings is 1. The Labute approximate surface area is 100 Å². The zero-order valence-electron chi connectivity index (χ0n) is 9.40. The molecule has 0 spiro atoms. The van der Waals surface area contributed by atoms with Gasteiger partial charge in [0.2, 0.25) is 0 Å². The third-order valence-electron chi connectivity index (χ3n) is 3.50. The summed E-state index contributed by atoms with van der Waals surface area (Å²) in [5, 5.41) is 9.53. The minimum Gasteiger partial charge on any atom is -0.481 e. The highest BCUT2D eigenvalue weighted by Gasteiger charge is 2.44. The first-order valence-electron chi connectivity index (χ1n) is 5.51. The second-order valence-corrected chi connectivity index (χ2v) is 5.27. The number of fused-ring (bicyclic) bond motifs is 1. The lowest BCUT2D eigenvalue weighted by Gasteiger charge is -2.25. The van der Waals surface area contributed by atoms with Gasteiger partial charge >= 0.3 is 5.97 Å². The molecule has 0 bridgehead atoms. The van der Waals surface area contributed by atoms with Gasteiger partial charge in [0.1, 0.15) is 0 Å². The van der Waals surface area contributed by atoms with Crippen LogP contribution in [0.3, 0.4) is 0 Å². The number of hydrogen-bond donors (Lipinski definition) is 1. The Bertz CT molecular complexity index is 403. The molecule has 0 aromatic heterocycles. The standard InChI is InChI=1S/C13H16O2S/c1-16-9-8-13(12(14)15)7-6-10-4-2-3-5-11(10)13/h2-5H,6-9H2,1H3,(H,14,15). The summed E-state index contributed by atoms with van der Waals surface area (Å²) in [7, 11) is 0. The van der Waals surface area contributed by atoms with E-state index in [4.69, 9.17) is 0 Å². The summed E-state index contributed by atoms with van der Waals surface area (Å²) in [5.74, 6) is 0.243. The van der Waals surface area contributed by atoms with Crippen molar-refractivity contribution in [2.45, 2.75) is 24.7 Å². The van der Waals surface area contributed by atoms with Gasteiger partial charge in [0.25, 0.3) is 0 Å². The van der Waals surface area contributed by atoms with E-state index in [9.17, 15) is 9.90 Å². The van der Waals surface area contributed by atoms with Gasteiger partial charge in [0, 0.05) is 0 Å². The molecule has 2 nitrogen and oxygen atoms in total. The van der Waals surface area contributed by atoms with Crippen LogP contribution in [-0.2, 0) is 16.6 Å². The predicted octanol–water partition coefficient (Wildman–Crippen LogP) is 2.71. The molecule has 0 fully saturated rings. The Hall–Kier alpha value is -0.960. The topological polar surface area (TPSA) is 37.3 Å². The molecule has 86 valence electrons. The number of carboxylic acid groups (broad SMARTS) is 1. The molecule has 1 unspecified atom stereocenters. The molecule has 0 aliphatic heterocycles. The van der Waals surface area contributed by atoms with Crippen LogP contribution in [0.1, 0.15) is 24.0 Å². The minimum absolute atomic E-state index is 0.625. The maximum atomic E-state index is 11.6. The Morgan fingerprint density at radius 3 is 2.94 bits per heavy atom. The largest absolute Gasteiger partial charge is 0.481 e. The molecule has 1 N–H and O–H groups in total. The second kappa shape index (κ2) is 4.50. The Morgan fingerprint density at radius 1 is 1.50 bits per heavy atom. The molecule has 0 saturated carbocycles. The number of thioether (sulfide) groups is 1. The van der Waals surface area contributed by atoms with E-state index in [2.05, 4.69) is 6.07 Å². The SMILES string of the molecule is CSCCC1(C(=O)O)CCc2ccccc21. The number of aliphatic carboxylic acids is 1. The van der Waals surface area contributed by atoms with Gasteiger partial charge in [0.15, 0.2) is 0 Å². The van der Waals surface area contributed by atoms with Crippen molar-refractivity contribution in [2.24, 2.45) is 0 Å². The molecule has 0 saturated heterocycles. The van der Waals surface area contributed by atoms with Crippen molar-refractivity contribution < 1.29 is 9.90 Å². The minimum atomic E-state index is -0.661. The maximum Gasteiger partial charge on any atom is 0.314 e. The molecular weight excluding hydrogens is 220 g/mol. The normalized spacial score (nSPS) is 23.1. The van der Waals surface area contributed by atoms with Crippen molar-refractivity contribution in [2.75, 3.05) is 12.0 Å². The van der Waals surface area contributed by atoms with Gasteiger partial charge in [-0.05, 0) is 42.4 Å². The van der Waals surface area contributed by atoms with E-state index < -0.39 is 11.4 Å². The third-order valence-corrected chi connectivity index (χ3v) is 4.11. The van der Waals surface area contributed by atoms with Gasteiger partial charge in [-0.2, -0.15) is 11.8 Å². The number of rotatable bonds is 4. The van der Waals surface area contributed by atoms with Crippen LogP contribution < -0.4 is 0 Å². The Morgan fingerprint density at radius 2 is 2.25 bits per heavy atom. The van der Waals surface area contributed by atoms with Crippen LogP contribution in [0.4, 0.5) is 0 Å². The van der Waals surface area contributed by atoms with Crippen molar-refractivity contribution >= 4 is 17.7 Å². The lowest BCUT2D eigenvalue weighted by molar-refractivity contribution is -0.144. The summed E-state index contributed by atoms with van der Waals surface area (Å²) in [6.45, 7) is 0. The first kappa shape index (κ1) is 11.5. The van der Waals surface area contributed by atoms with Gasteiger partial charge in [-0.25, -0.2) is 0 Å². The van der Waals surface area contributed by atoms with E-state index >= 15 is 0 Å². The summed E-state index contributed by atoms with van der Waals surface area (Å²) in [6.07, 6.45) is 4.41. The van der Waals surface area contributed by atoms with Crippen molar-refractivity contribution in [3.05, 3.63) is 35.4 Å². The van der Waals surface area contributed by atoms with Gasteiger partial charge in [-0.3, -0.25) is 4.79 Å². The second-order valence-electron chi connectivity index (χ2n) is 4.29. The smallest absolute Gasteiger partial charge is 0.314 e. The highest BCUT2D eigenvalue weighted by molar-refractivity contribution is 7.98. The molecule has 1 aromatic carbocycles. The van der Waals surface area contributed by atoms with Gasteiger partial charge in [0.05, 0.1) is 5.41 Å². The van der Waals surface area contributed by atoms with E-state index in [1.807, 2.05) is 24.5 Å². The van der Waals surface area contributed by atoms with Gasteiger partial charge in [-0.1, -0.05) is 24.3 Å². The predicted molar refractivity (Wildman–Crippen MR) is 67.1 cm³/mol. The van der Waals surface area contributed by atoms with E-state index in [1.54, 1.807) is 11.8 Å². The molecule has 16 heavy (non-hydrogen) atoms. The van der Waals surface area contributed by atoms with E-state index in [0.29, 0.717) is 0 Å². The molecule has 1 aliphatic rings. The zero-order chi connectivity index (χ0) is 11.6. The van der Waals surface area contributed by atoms with Crippen molar-refractivity contribution in [1.82, 2.24) is 0 Å². The molecule has 0 radical (unpaired) electrons. The van der Waals surface area contributed by atoms with Crippen LogP contribution in [0.25, 0.3) is 0 Å².